The minimum atomic E-state index is -3.00. The number of carbonyl (C=O) groups is 1. The SMILES string of the molecule is Cc1cc(OCc2cccc(-c3ccc(N4CCC(S(C)(=O)=O)CC4)nc3C)c2)ccc1C1C(I)C1C(=O)O. The van der Waals surface area contributed by atoms with Crippen molar-refractivity contribution in [2.75, 3.05) is 24.2 Å². The third-order valence-electron chi connectivity index (χ3n) is 7.90. The molecule has 1 aliphatic carbocycles. The van der Waals surface area contributed by atoms with E-state index in [1.54, 1.807) is 0 Å². The molecule has 1 saturated heterocycles. The lowest BCUT2D eigenvalue weighted by atomic mass is 10.0. The van der Waals surface area contributed by atoms with Gasteiger partial charge in [0.1, 0.15) is 28.0 Å². The minimum Gasteiger partial charge on any atom is -0.489 e. The average molecular weight is 661 g/mol. The number of benzene rings is 2. The molecule has 9 heteroatoms. The van der Waals surface area contributed by atoms with Crippen molar-refractivity contribution in [2.24, 2.45) is 5.92 Å². The van der Waals surface area contributed by atoms with Crippen LogP contribution in [0.2, 0.25) is 0 Å². The van der Waals surface area contributed by atoms with E-state index >= 15 is 0 Å². The summed E-state index contributed by atoms with van der Waals surface area (Å²) in [6, 6.07) is 18.3. The van der Waals surface area contributed by atoms with Crippen molar-refractivity contribution in [3.63, 3.8) is 0 Å². The molecule has 0 amide bonds. The van der Waals surface area contributed by atoms with E-state index in [1.807, 2.05) is 50.2 Å². The van der Waals surface area contributed by atoms with Gasteiger partial charge in [-0.3, -0.25) is 4.79 Å². The van der Waals surface area contributed by atoms with E-state index in [9.17, 15) is 18.3 Å². The molecule has 3 atom stereocenters. The number of hydrogen-bond donors (Lipinski definition) is 1. The summed E-state index contributed by atoms with van der Waals surface area (Å²) in [6.45, 7) is 5.82. The van der Waals surface area contributed by atoms with Crippen LogP contribution in [0.5, 0.6) is 5.75 Å². The number of halogens is 1. The highest BCUT2D eigenvalue weighted by molar-refractivity contribution is 14.1. The number of carboxylic acid groups (broad SMARTS) is 1. The number of rotatable bonds is 8. The number of carboxylic acids is 1. The van der Waals surface area contributed by atoms with Crippen LogP contribution in [0.15, 0.2) is 54.6 Å². The molecule has 39 heavy (non-hydrogen) atoms. The second-order valence-electron chi connectivity index (χ2n) is 10.7. The Morgan fingerprint density at radius 3 is 2.46 bits per heavy atom. The number of hydrogen-bond acceptors (Lipinski definition) is 6. The Morgan fingerprint density at radius 2 is 1.85 bits per heavy atom. The monoisotopic (exact) mass is 660 g/mol. The second-order valence-corrected chi connectivity index (χ2v) is 14.4. The Hall–Kier alpha value is -2.66. The number of anilines is 1. The van der Waals surface area contributed by atoms with E-state index in [0.29, 0.717) is 32.5 Å². The van der Waals surface area contributed by atoms with Gasteiger partial charge in [0, 0.05) is 40.4 Å². The number of aromatic nitrogens is 1. The molecule has 1 aliphatic heterocycles. The third-order valence-corrected chi connectivity index (χ3v) is 11.1. The number of nitrogens with zero attached hydrogens (tertiary/aromatic N) is 2. The fourth-order valence-electron chi connectivity index (χ4n) is 5.58. The first kappa shape index (κ1) is 27.9. The van der Waals surface area contributed by atoms with Crippen LogP contribution in [0.4, 0.5) is 5.82 Å². The van der Waals surface area contributed by atoms with Gasteiger partial charge < -0.3 is 14.7 Å². The van der Waals surface area contributed by atoms with Gasteiger partial charge in [-0.15, -0.1) is 0 Å². The first-order chi connectivity index (χ1) is 18.5. The van der Waals surface area contributed by atoms with Gasteiger partial charge in [-0.05, 0) is 79.3 Å². The maximum atomic E-state index is 11.9. The van der Waals surface area contributed by atoms with Crippen LogP contribution in [-0.4, -0.2) is 53.0 Å². The number of ether oxygens (including phenoxy) is 1. The summed E-state index contributed by atoms with van der Waals surface area (Å²) in [5.74, 6) is 0.680. The molecule has 3 unspecified atom stereocenters. The molecule has 1 N–H and O–H groups in total. The first-order valence-corrected chi connectivity index (χ1v) is 16.3. The van der Waals surface area contributed by atoms with Crippen molar-refractivity contribution in [3.05, 3.63) is 77.0 Å². The van der Waals surface area contributed by atoms with Gasteiger partial charge in [0.15, 0.2) is 0 Å². The van der Waals surface area contributed by atoms with Crippen molar-refractivity contribution in [3.8, 4) is 16.9 Å². The molecular weight excluding hydrogens is 627 g/mol. The van der Waals surface area contributed by atoms with Crippen LogP contribution in [0, 0.1) is 19.8 Å². The van der Waals surface area contributed by atoms with E-state index in [4.69, 9.17) is 9.72 Å². The summed E-state index contributed by atoms with van der Waals surface area (Å²) in [6.07, 6.45) is 2.59. The Morgan fingerprint density at radius 1 is 1.10 bits per heavy atom. The van der Waals surface area contributed by atoms with Crippen molar-refractivity contribution >= 4 is 44.2 Å². The zero-order valence-electron chi connectivity index (χ0n) is 22.3. The number of sulfone groups is 1. The molecule has 206 valence electrons. The molecule has 3 aromatic rings. The second kappa shape index (κ2) is 11.1. The zero-order valence-corrected chi connectivity index (χ0v) is 25.3. The predicted octanol–water partition coefficient (Wildman–Crippen LogP) is 5.56. The summed E-state index contributed by atoms with van der Waals surface area (Å²) < 4.78 is 30.0. The zero-order chi connectivity index (χ0) is 27.9. The lowest BCUT2D eigenvalue weighted by molar-refractivity contribution is -0.138. The summed E-state index contributed by atoms with van der Waals surface area (Å²) in [5.41, 5.74) is 6.23. The minimum absolute atomic E-state index is 0.0661. The Balaban J connectivity index is 1.24. The molecule has 0 spiro atoms. The largest absolute Gasteiger partial charge is 0.489 e. The summed E-state index contributed by atoms with van der Waals surface area (Å²) in [7, 11) is -3.00. The van der Waals surface area contributed by atoms with Crippen molar-refractivity contribution in [2.45, 2.75) is 48.4 Å². The molecule has 5 rings (SSSR count). The summed E-state index contributed by atoms with van der Waals surface area (Å²) in [4.78, 5) is 18.4. The highest BCUT2D eigenvalue weighted by atomic mass is 127. The van der Waals surface area contributed by atoms with Gasteiger partial charge >= 0.3 is 5.97 Å². The fraction of sp³-hybridized carbons (Fsp3) is 0.400. The fourth-order valence-corrected chi connectivity index (χ4v) is 8.00. The Bertz CT molecular complexity index is 1500. The van der Waals surface area contributed by atoms with Crippen molar-refractivity contribution in [1.29, 1.82) is 0 Å². The standard InChI is InChI=1S/C30H33IN2O5S/c1-18-15-22(7-8-24(18)27-28(29(27)31)30(34)35)38-17-20-5-4-6-21(16-20)25-9-10-26(32-19(25)2)33-13-11-23(12-14-33)39(3,36)37/h4-10,15-16,23,27-29H,11-14,17H2,1-3H3,(H,34,35). The van der Waals surface area contributed by atoms with Crippen molar-refractivity contribution in [1.82, 2.24) is 4.98 Å². The van der Waals surface area contributed by atoms with Crippen LogP contribution >= 0.6 is 22.6 Å². The highest BCUT2D eigenvalue weighted by Gasteiger charge is 2.54. The molecule has 2 fully saturated rings. The van der Waals surface area contributed by atoms with Crippen LogP contribution < -0.4 is 9.64 Å². The van der Waals surface area contributed by atoms with E-state index in [-0.39, 0.29) is 21.0 Å². The van der Waals surface area contributed by atoms with Crippen LogP contribution in [0.3, 0.4) is 0 Å². The van der Waals surface area contributed by atoms with E-state index < -0.39 is 15.8 Å². The number of pyridine rings is 1. The molecule has 0 radical (unpaired) electrons. The van der Waals surface area contributed by atoms with Gasteiger partial charge in [0.05, 0.1) is 11.2 Å². The quantitative estimate of drug-likeness (QED) is 0.250. The molecule has 1 saturated carbocycles. The maximum absolute atomic E-state index is 11.9. The lowest BCUT2D eigenvalue weighted by Crippen LogP contribution is -2.39. The van der Waals surface area contributed by atoms with Gasteiger partial charge in [0.25, 0.3) is 0 Å². The van der Waals surface area contributed by atoms with Crippen LogP contribution in [0.25, 0.3) is 11.1 Å². The molecule has 1 aromatic heterocycles. The van der Waals surface area contributed by atoms with Crippen molar-refractivity contribution < 1.29 is 23.1 Å². The molecular formula is C30H33IN2O5S. The molecule has 0 bridgehead atoms. The predicted molar refractivity (Wildman–Crippen MR) is 162 cm³/mol. The number of aryl methyl sites for hydroxylation is 2. The smallest absolute Gasteiger partial charge is 0.308 e. The number of alkyl halides is 1. The molecule has 2 aromatic carbocycles. The first-order valence-electron chi connectivity index (χ1n) is 13.1. The molecule has 2 heterocycles. The average Bonchev–Trinajstić information content (AvgIpc) is 3.57. The van der Waals surface area contributed by atoms with Gasteiger partial charge in [-0.25, -0.2) is 13.4 Å². The van der Waals surface area contributed by atoms with Crippen LogP contribution in [-0.2, 0) is 21.2 Å². The number of piperidine rings is 1. The topological polar surface area (TPSA) is 96.8 Å². The van der Waals surface area contributed by atoms with Crippen LogP contribution in [0.1, 0.15) is 41.1 Å². The Kier molecular flexibility index (Phi) is 7.92. The van der Waals surface area contributed by atoms with Gasteiger partial charge in [0.2, 0.25) is 0 Å². The summed E-state index contributed by atoms with van der Waals surface area (Å²) in [5, 5.41) is 9.13. The third kappa shape index (κ3) is 6.09. The normalized spacial score (nSPS) is 21.5. The van der Waals surface area contributed by atoms with E-state index in [2.05, 4.69) is 45.7 Å². The maximum Gasteiger partial charge on any atom is 0.308 e. The number of aliphatic carboxylic acids is 1. The summed E-state index contributed by atoms with van der Waals surface area (Å²) >= 11 is 2.23. The Labute approximate surface area is 243 Å². The highest BCUT2D eigenvalue weighted by Crippen LogP contribution is 2.54. The molecule has 2 aliphatic rings. The van der Waals surface area contributed by atoms with E-state index in [0.717, 1.165) is 45.1 Å². The molecule has 7 nitrogen and oxygen atoms in total. The lowest BCUT2D eigenvalue weighted by Gasteiger charge is -2.32. The van der Waals surface area contributed by atoms with Gasteiger partial charge in [-0.1, -0.05) is 46.9 Å². The van der Waals surface area contributed by atoms with Gasteiger partial charge in [-0.2, -0.15) is 0 Å². The van der Waals surface area contributed by atoms with E-state index in [1.165, 1.54) is 6.26 Å².